The Bertz CT molecular complexity index is 1210. The molecule has 194 valence electrons. The third-order valence-electron chi connectivity index (χ3n) is 6.04. The van der Waals surface area contributed by atoms with Gasteiger partial charge in [-0.15, -0.1) is 0 Å². The third kappa shape index (κ3) is 7.93. The Hall–Kier alpha value is -4.13. The second-order valence-electron chi connectivity index (χ2n) is 8.99. The lowest BCUT2D eigenvalue weighted by molar-refractivity contribution is -0.137. The summed E-state index contributed by atoms with van der Waals surface area (Å²) < 4.78 is 5.76. The van der Waals surface area contributed by atoms with E-state index in [1.54, 1.807) is 36.4 Å². The zero-order chi connectivity index (χ0) is 26.8. The lowest BCUT2D eigenvalue weighted by Crippen LogP contribution is -2.32. The number of ether oxygens (including phenoxy) is 1. The number of rotatable bonds is 9. The van der Waals surface area contributed by atoms with Gasteiger partial charge in [0.15, 0.2) is 5.78 Å². The number of nitrogens with zero attached hydrogens (tertiary/aromatic N) is 1. The smallest absolute Gasteiger partial charge is 0.326 e. The highest BCUT2D eigenvalue weighted by Crippen LogP contribution is 2.21. The Balaban J connectivity index is 0.000000220. The first kappa shape index (κ1) is 27.5. The summed E-state index contributed by atoms with van der Waals surface area (Å²) in [6.45, 7) is 5.72. The lowest BCUT2D eigenvalue weighted by Gasteiger charge is -2.17. The van der Waals surface area contributed by atoms with E-state index >= 15 is 0 Å². The molecular weight excluding hydrogens is 468 g/mol. The van der Waals surface area contributed by atoms with Crippen molar-refractivity contribution in [3.05, 3.63) is 95.6 Å². The molecule has 3 atom stereocenters. The molecule has 0 fully saturated rings. The summed E-state index contributed by atoms with van der Waals surface area (Å²) in [5.74, 6) is -0.199. The number of phenolic OH excluding ortho intramolecular Hbond substituents is 1. The number of carbonyl (C=O) groups is 2. The van der Waals surface area contributed by atoms with E-state index in [0.717, 1.165) is 29.9 Å². The van der Waals surface area contributed by atoms with E-state index in [-0.39, 0.29) is 24.1 Å². The molecule has 0 aliphatic carbocycles. The number of hydrogen-bond acceptors (Lipinski definition) is 6. The maximum absolute atomic E-state index is 11.6. The van der Waals surface area contributed by atoms with E-state index < -0.39 is 12.0 Å². The van der Waals surface area contributed by atoms with Crippen LogP contribution in [0.4, 0.5) is 5.69 Å². The molecule has 0 radical (unpaired) electrons. The highest BCUT2D eigenvalue weighted by atomic mass is 16.5. The summed E-state index contributed by atoms with van der Waals surface area (Å²) in [4.78, 5) is 27.7. The normalized spacial score (nSPS) is 17.0. The second-order valence-corrected chi connectivity index (χ2v) is 8.99. The van der Waals surface area contributed by atoms with Gasteiger partial charge in [0, 0.05) is 23.2 Å². The number of para-hydroxylation sites is 1. The minimum atomic E-state index is -1.01. The van der Waals surface area contributed by atoms with E-state index in [9.17, 15) is 19.8 Å². The van der Waals surface area contributed by atoms with Gasteiger partial charge in [0.05, 0.1) is 6.04 Å². The number of anilines is 1. The molecule has 3 aromatic rings. The highest BCUT2D eigenvalue weighted by Gasteiger charge is 2.26. The van der Waals surface area contributed by atoms with Crippen molar-refractivity contribution in [3.63, 3.8) is 0 Å². The van der Waals surface area contributed by atoms with Crippen LogP contribution in [0, 0.1) is 0 Å². The molecule has 1 aliphatic heterocycles. The van der Waals surface area contributed by atoms with Crippen LogP contribution in [0.1, 0.15) is 55.1 Å². The van der Waals surface area contributed by atoms with E-state index in [2.05, 4.69) is 24.2 Å². The van der Waals surface area contributed by atoms with Crippen LogP contribution < -0.4 is 5.32 Å². The molecule has 0 amide bonds. The van der Waals surface area contributed by atoms with Gasteiger partial charge in [0.1, 0.15) is 17.9 Å². The standard InChI is InChI=1S/C17H17NO4.C13H17NO/c1-11(19)14-4-2-3-5-15(14)18-16(17(21)22)10-12-6-8-13(20)9-7-12;1-3-7-12-10(2)15-13(14-12)11-8-5-4-6-9-11/h2-9,16,18,20H,10H2,1H3,(H,21,22);4-6,8-10,12H,3,7H2,1-2H3. The molecule has 0 saturated carbocycles. The van der Waals surface area contributed by atoms with Gasteiger partial charge < -0.3 is 20.3 Å². The van der Waals surface area contributed by atoms with Crippen molar-refractivity contribution in [1.29, 1.82) is 0 Å². The van der Waals surface area contributed by atoms with Crippen LogP contribution in [0.3, 0.4) is 0 Å². The molecule has 0 bridgehead atoms. The fourth-order valence-corrected chi connectivity index (χ4v) is 4.03. The SMILES string of the molecule is CC(=O)c1ccccc1NC(Cc1ccc(O)cc1)C(=O)O.CCCC1N=C(c2ccccc2)OC1C. The Morgan fingerprint density at radius 2 is 1.65 bits per heavy atom. The average molecular weight is 503 g/mol. The number of ketones is 1. The molecule has 1 heterocycles. The van der Waals surface area contributed by atoms with Crippen LogP contribution in [0.25, 0.3) is 0 Å². The number of phenols is 1. The van der Waals surface area contributed by atoms with Gasteiger partial charge in [-0.2, -0.15) is 0 Å². The number of hydrogen-bond donors (Lipinski definition) is 3. The van der Waals surface area contributed by atoms with Crippen molar-refractivity contribution in [3.8, 4) is 5.75 Å². The Morgan fingerprint density at radius 3 is 2.27 bits per heavy atom. The third-order valence-corrected chi connectivity index (χ3v) is 6.04. The fraction of sp³-hybridized carbons (Fsp3) is 0.300. The molecule has 4 rings (SSSR count). The first-order valence-electron chi connectivity index (χ1n) is 12.5. The van der Waals surface area contributed by atoms with Crippen LogP contribution in [-0.2, 0) is 16.0 Å². The number of carboxylic acids is 1. The Kier molecular flexibility index (Phi) is 9.84. The Morgan fingerprint density at radius 1 is 1.00 bits per heavy atom. The van der Waals surface area contributed by atoms with Crippen molar-refractivity contribution in [2.24, 2.45) is 4.99 Å². The maximum atomic E-state index is 11.6. The molecule has 7 heteroatoms. The van der Waals surface area contributed by atoms with Gasteiger partial charge >= 0.3 is 5.97 Å². The van der Waals surface area contributed by atoms with Gasteiger partial charge in [-0.1, -0.05) is 55.8 Å². The van der Waals surface area contributed by atoms with Gasteiger partial charge in [-0.25, -0.2) is 9.79 Å². The molecule has 3 aromatic carbocycles. The molecule has 37 heavy (non-hydrogen) atoms. The summed E-state index contributed by atoms with van der Waals surface area (Å²) in [5.41, 5.74) is 2.82. The number of Topliss-reactive ketones (excluding diaryl/α,β-unsaturated/α-hetero) is 1. The molecule has 0 aromatic heterocycles. The highest BCUT2D eigenvalue weighted by molar-refractivity contribution is 6.00. The van der Waals surface area contributed by atoms with Crippen LogP contribution in [0.15, 0.2) is 83.9 Å². The minimum Gasteiger partial charge on any atom is -0.508 e. The largest absolute Gasteiger partial charge is 0.508 e. The molecule has 0 saturated heterocycles. The number of aliphatic carboxylic acids is 1. The number of aliphatic imine (C=N–C) groups is 1. The lowest BCUT2D eigenvalue weighted by atomic mass is 10.0. The zero-order valence-electron chi connectivity index (χ0n) is 21.4. The summed E-state index contributed by atoms with van der Waals surface area (Å²) in [6, 6.07) is 22.8. The molecule has 7 nitrogen and oxygen atoms in total. The average Bonchev–Trinajstić information content (AvgIpc) is 3.26. The monoisotopic (exact) mass is 502 g/mol. The van der Waals surface area contributed by atoms with Gasteiger partial charge in [-0.05, 0) is 62.2 Å². The molecule has 3 N–H and O–H groups in total. The van der Waals surface area contributed by atoms with E-state index in [4.69, 9.17) is 4.74 Å². The molecule has 3 unspecified atom stereocenters. The predicted octanol–water partition coefficient (Wildman–Crippen LogP) is 5.72. The van der Waals surface area contributed by atoms with E-state index in [0.29, 0.717) is 17.3 Å². The van der Waals surface area contributed by atoms with E-state index in [1.165, 1.54) is 19.1 Å². The summed E-state index contributed by atoms with van der Waals surface area (Å²) in [5, 5.41) is 21.6. The zero-order valence-corrected chi connectivity index (χ0v) is 21.4. The van der Waals surface area contributed by atoms with E-state index in [1.807, 2.05) is 30.3 Å². The summed E-state index contributed by atoms with van der Waals surface area (Å²) in [7, 11) is 0. The molecular formula is C30H34N2O5. The summed E-state index contributed by atoms with van der Waals surface area (Å²) in [6.07, 6.45) is 2.73. The van der Waals surface area contributed by atoms with Crippen molar-refractivity contribution in [2.75, 3.05) is 5.32 Å². The number of aromatic hydroxyl groups is 1. The second kappa shape index (κ2) is 13.3. The van der Waals surface area contributed by atoms with Crippen LogP contribution in [0.2, 0.25) is 0 Å². The van der Waals surface area contributed by atoms with Crippen LogP contribution >= 0.6 is 0 Å². The minimum absolute atomic E-state index is 0.128. The Labute approximate surface area is 217 Å². The number of nitrogens with one attached hydrogen (secondary N) is 1. The van der Waals surface area contributed by atoms with Gasteiger partial charge in [0.25, 0.3) is 0 Å². The summed E-state index contributed by atoms with van der Waals surface area (Å²) >= 11 is 0. The predicted molar refractivity (Wildman–Crippen MR) is 146 cm³/mol. The van der Waals surface area contributed by atoms with Crippen LogP contribution in [-0.4, -0.2) is 46.1 Å². The topological polar surface area (TPSA) is 108 Å². The number of carbonyl (C=O) groups excluding carboxylic acids is 1. The van der Waals surface area contributed by atoms with Crippen molar-refractivity contribution in [1.82, 2.24) is 0 Å². The first-order chi connectivity index (χ1) is 17.8. The first-order valence-corrected chi connectivity index (χ1v) is 12.5. The number of benzene rings is 3. The van der Waals surface area contributed by atoms with Gasteiger partial charge in [0.2, 0.25) is 5.90 Å². The maximum Gasteiger partial charge on any atom is 0.326 e. The number of carboxylic acid groups (broad SMARTS) is 1. The van der Waals surface area contributed by atoms with Crippen molar-refractivity contribution >= 4 is 23.3 Å². The van der Waals surface area contributed by atoms with Gasteiger partial charge in [-0.3, -0.25) is 4.79 Å². The molecule has 0 spiro atoms. The quantitative estimate of drug-likeness (QED) is 0.323. The van der Waals surface area contributed by atoms with Crippen LogP contribution in [0.5, 0.6) is 5.75 Å². The van der Waals surface area contributed by atoms with Crippen molar-refractivity contribution in [2.45, 2.75) is 58.2 Å². The fourth-order valence-electron chi connectivity index (χ4n) is 4.03. The van der Waals surface area contributed by atoms with Crippen molar-refractivity contribution < 1.29 is 24.5 Å². The molecule has 1 aliphatic rings.